The maximum atomic E-state index is 12.2. The Labute approximate surface area is 147 Å². The van der Waals surface area contributed by atoms with Crippen molar-refractivity contribution in [3.63, 3.8) is 0 Å². The van der Waals surface area contributed by atoms with Gasteiger partial charge in [-0.15, -0.1) is 0 Å². The highest BCUT2D eigenvalue weighted by Gasteiger charge is 2.22. The Balaban J connectivity index is 1.98. The van der Waals surface area contributed by atoms with Crippen LogP contribution in [0.5, 0.6) is 11.5 Å². The second-order valence-electron chi connectivity index (χ2n) is 5.76. The molecule has 1 aliphatic rings. The number of amides is 1. The highest BCUT2D eigenvalue weighted by molar-refractivity contribution is 5.92. The van der Waals surface area contributed by atoms with Crippen LogP contribution < -0.4 is 14.6 Å². The number of carboxylic acid groups (broad SMARTS) is 1. The molecular weight excluding hydrogens is 322 g/mol. The predicted molar refractivity (Wildman–Crippen MR) is 92.0 cm³/mol. The first kappa shape index (κ1) is 18.6. The van der Waals surface area contributed by atoms with Gasteiger partial charge in [0.25, 0.3) is 0 Å². The van der Waals surface area contributed by atoms with Crippen molar-refractivity contribution in [3.8, 4) is 11.5 Å². The summed E-state index contributed by atoms with van der Waals surface area (Å²) in [6, 6.07) is 5.38. The molecular formula is C19H22NO5-. The summed E-state index contributed by atoms with van der Waals surface area (Å²) in [6.07, 6.45) is 5.71. The largest absolute Gasteiger partial charge is 0.550 e. The highest BCUT2D eigenvalue weighted by atomic mass is 16.5. The number of hydrogen-bond acceptors (Lipinski definition) is 5. The van der Waals surface area contributed by atoms with E-state index < -0.39 is 11.9 Å². The zero-order chi connectivity index (χ0) is 18.2. The number of likely N-dealkylation sites (tertiary alicyclic amines) is 1. The Bertz CT molecular complexity index is 660. The van der Waals surface area contributed by atoms with Crippen LogP contribution in [0, 0.1) is 5.92 Å². The van der Waals surface area contributed by atoms with E-state index in [9.17, 15) is 14.7 Å². The van der Waals surface area contributed by atoms with E-state index >= 15 is 0 Å². The standard InChI is InChI=1S/C19H23NO5/c1-3-12-25-16-6-4-14(13-17(16)24-2)5-7-18(21)20-10-8-15(9-11-20)19(22)23/h3-7,13,15H,1,8-12H2,2H3,(H,22,23)/p-1/b7-5+. The zero-order valence-electron chi connectivity index (χ0n) is 14.3. The topological polar surface area (TPSA) is 78.9 Å². The SMILES string of the molecule is C=CCOc1ccc(/C=C/C(=O)N2CCC(C(=O)[O-])CC2)cc1OC. The van der Waals surface area contributed by atoms with Gasteiger partial charge in [0.15, 0.2) is 11.5 Å². The molecule has 0 aromatic heterocycles. The van der Waals surface area contributed by atoms with E-state index in [1.54, 1.807) is 36.3 Å². The molecule has 0 atom stereocenters. The molecule has 1 aromatic carbocycles. The maximum Gasteiger partial charge on any atom is 0.246 e. The Morgan fingerprint density at radius 2 is 2.04 bits per heavy atom. The first-order valence-electron chi connectivity index (χ1n) is 8.14. The van der Waals surface area contributed by atoms with E-state index in [1.807, 2.05) is 6.07 Å². The number of ether oxygens (including phenoxy) is 2. The minimum Gasteiger partial charge on any atom is -0.550 e. The van der Waals surface area contributed by atoms with Gasteiger partial charge < -0.3 is 24.3 Å². The van der Waals surface area contributed by atoms with Gasteiger partial charge in [-0.25, -0.2) is 0 Å². The van der Waals surface area contributed by atoms with Crippen LogP contribution >= 0.6 is 0 Å². The molecule has 0 radical (unpaired) electrons. The summed E-state index contributed by atoms with van der Waals surface area (Å²) in [4.78, 5) is 24.7. The number of rotatable bonds is 7. The summed E-state index contributed by atoms with van der Waals surface area (Å²) in [6.45, 7) is 4.84. The lowest BCUT2D eigenvalue weighted by atomic mass is 9.97. The van der Waals surface area contributed by atoms with E-state index in [-0.39, 0.29) is 5.91 Å². The van der Waals surface area contributed by atoms with Crippen molar-refractivity contribution in [2.75, 3.05) is 26.8 Å². The van der Waals surface area contributed by atoms with E-state index in [0.717, 1.165) is 5.56 Å². The smallest absolute Gasteiger partial charge is 0.246 e. The number of carboxylic acids is 1. The lowest BCUT2D eigenvalue weighted by Crippen LogP contribution is -2.43. The molecule has 0 unspecified atom stereocenters. The molecule has 25 heavy (non-hydrogen) atoms. The Morgan fingerprint density at radius 1 is 1.32 bits per heavy atom. The summed E-state index contributed by atoms with van der Waals surface area (Å²) in [5.74, 6) is -0.446. The van der Waals surface area contributed by atoms with Crippen LogP contribution in [0.15, 0.2) is 36.9 Å². The molecule has 1 amide bonds. The predicted octanol–water partition coefficient (Wildman–Crippen LogP) is 1.26. The van der Waals surface area contributed by atoms with E-state index in [2.05, 4.69) is 6.58 Å². The number of piperidine rings is 1. The van der Waals surface area contributed by atoms with Crippen molar-refractivity contribution in [2.24, 2.45) is 5.92 Å². The molecule has 2 rings (SSSR count). The van der Waals surface area contributed by atoms with Crippen LogP contribution in [0.3, 0.4) is 0 Å². The Hall–Kier alpha value is -2.76. The minimum atomic E-state index is -1.03. The quantitative estimate of drug-likeness (QED) is 0.550. The highest BCUT2D eigenvalue weighted by Crippen LogP contribution is 2.28. The van der Waals surface area contributed by atoms with Crippen molar-refractivity contribution in [2.45, 2.75) is 12.8 Å². The molecule has 1 heterocycles. The number of nitrogens with zero attached hydrogens (tertiary/aromatic N) is 1. The third-order valence-electron chi connectivity index (χ3n) is 4.10. The van der Waals surface area contributed by atoms with Crippen LogP contribution in [0.2, 0.25) is 0 Å². The molecule has 134 valence electrons. The fourth-order valence-electron chi connectivity index (χ4n) is 2.66. The molecule has 6 nitrogen and oxygen atoms in total. The molecule has 0 saturated carbocycles. The molecule has 0 bridgehead atoms. The monoisotopic (exact) mass is 344 g/mol. The van der Waals surface area contributed by atoms with Gasteiger partial charge >= 0.3 is 0 Å². The lowest BCUT2D eigenvalue weighted by molar-refractivity contribution is -0.312. The van der Waals surface area contributed by atoms with Crippen LogP contribution in [0.4, 0.5) is 0 Å². The molecule has 1 saturated heterocycles. The lowest BCUT2D eigenvalue weighted by Gasteiger charge is -2.31. The van der Waals surface area contributed by atoms with Gasteiger partial charge in [-0.05, 0) is 36.6 Å². The molecule has 0 N–H and O–H groups in total. The van der Waals surface area contributed by atoms with Gasteiger partial charge in [0, 0.05) is 31.1 Å². The minimum absolute atomic E-state index is 0.136. The molecule has 1 fully saturated rings. The average molecular weight is 344 g/mol. The second kappa shape index (κ2) is 8.92. The van der Waals surface area contributed by atoms with Crippen LogP contribution in [0.25, 0.3) is 6.08 Å². The Kier molecular flexibility index (Phi) is 6.62. The number of hydrogen-bond donors (Lipinski definition) is 0. The summed E-state index contributed by atoms with van der Waals surface area (Å²) in [5.41, 5.74) is 0.806. The number of carbonyl (C=O) groups excluding carboxylic acids is 2. The van der Waals surface area contributed by atoms with Crippen molar-refractivity contribution in [1.29, 1.82) is 0 Å². The van der Waals surface area contributed by atoms with Gasteiger partial charge in [-0.2, -0.15) is 0 Å². The second-order valence-corrected chi connectivity index (χ2v) is 5.76. The first-order chi connectivity index (χ1) is 12.0. The third kappa shape index (κ3) is 5.11. The molecule has 1 aliphatic heterocycles. The van der Waals surface area contributed by atoms with Gasteiger partial charge in [0.1, 0.15) is 6.61 Å². The zero-order valence-corrected chi connectivity index (χ0v) is 14.3. The molecule has 0 spiro atoms. The van der Waals surface area contributed by atoms with Crippen molar-refractivity contribution in [3.05, 3.63) is 42.5 Å². The molecule has 1 aromatic rings. The number of carbonyl (C=O) groups is 2. The van der Waals surface area contributed by atoms with Crippen LogP contribution in [-0.2, 0) is 9.59 Å². The summed E-state index contributed by atoms with van der Waals surface area (Å²) >= 11 is 0. The summed E-state index contributed by atoms with van der Waals surface area (Å²) in [7, 11) is 1.55. The van der Waals surface area contributed by atoms with Crippen molar-refractivity contribution < 1.29 is 24.2 Å². The fourth-order valence-corrected chi connectivity index (χ4v) is 2.66. The number of aliphatic carboxylic acids is 1. The van der Waals surface area contributed by atoms with Gasteiger partial charge in [0.05, 0.1) is 7.11 Å². The fraction of sp³-hybridized carbons (Fsp3) is 0.368. The normalized spacial score (nSPS) is 15.2. The average Bonchev–Trinajstić information content (AvgIpc) is 2.64. The van der Waals surface area contributed by atoms with E-state index in [1.165, 1.54) is 6.08 Å². The van der Waals surface area contributed by atoms with Crippen molar-refractivity contribution >= 4 is 18.0 Å². The number of methoxy groups -OCH3 is 1. The van der Waals surface area contributed by atoms with Crippen LogP contribution in [0.1, 0.15) is 18.4 Å². The number of benzene rings is 1. The molecule has 6 heteroatoms. The van der Waals surface area contributed by atoms with Gasteiger partial charge in [-0.1, -0.05) is 18.7 Å². The van der Waals surface area contributed by atoms with E-state index in [4.69, 9.17) is 9.47 Å². The maximum absolute atomic E-state index is 12.2. The first-order valence-corrected chi connectivity index (χ1v) is 8.14. The Morgan fingerprint density at radius 3 is 2.64 bits per heavy atom. The van der Waals surface area contributed by atoms with Gasteiger partial charge in [0.2, 0.25) is 5.91 Å². The van der Waals surface area contributed by atoms with E-state index in [0.29, 0.717) is 44.0 Å². The summed E-state index contributed by atoms with van der Waals surface area (Å²) in [5, 5.41) is 10.8. The van der Waals surface area contributed by atoms with Gasteiger partial charge in [-0.3, -0.25) is 4.79 Å². The van der Waals surface area contributed by atoms with Crippen LogP contribution in [-0.4, -0.2) is 43.6 Å². The third-order valence-corrected chi connectivity index (χ3v) is 4.10. The summed E-state index contributed by atoms with van der Waals surface area (Å²) < 4.78 is 10.8. The van der Waals surface area contributed by atoms with Crippen molar-refractivity contribution in [1.82, 2.24) is 4.90 Å². The molecule has 0 aliphatic carbocycles.